The van der Waals surface area contributed by atoms with E-state index in [1.807, 2.05) is 26.0 Å². The van der Waals surface area contributed by atoms with Crippen LogP contribution in [-0.2, 0) is 6.54 Å². The lowest BCUT2D eigenvalue weighted by atomic mass is 10.2. The maximum Gasteiger partial charge on any atom is 0.254 e. The van der Waals surface area contributed by atoms with Crippen molar-refractivity contribution in [2.24, 2.45) is 0 Å². The van der Waals surface area contributed by atoms with Gasteiger partial charge in [-0.15, -0.1) is 0 Å². The SMILES string of the molecule is CCCOc1cc(CNC(=O)c2csnc2C)ccn1. The molecule has 0 aliphatic carbocycles. The van der Waals surface area contributed by atoms with Gasteiger partial charge in [0.25, 0.3) is 5.91 Å². The highest BCUT2D eigenvalue weighted by atomic mass is 32.1. The zero-order valence-electron chi connectivity index (χ0n) is 11.5. The summed E-state index contributed by atoms with van der Waals surface area (Å²) in [6.07, 6.45) is 2.62. The van der Waals surface area contributed by atoms with Crippen LogP contribution in [0.15, 0.2) is 23.7 Å². The zero-order valence-corrected chi connectivity index (χ0v) is 12.4. The smallest absolute Gasteiger partial charge is 0.254 e. The molecule has 0 radical (unpaired) electrons. The number of aryl methyl sites for hydroxylation is 1. The summed E-state index contributed by atoms with van der Waals surface area (Å²) in [6, 6.07) is 3.70. The fraction of sp³-hybridized carbons (Fsp3) is 0.357. The molecule has 5 nitrogen and oxygen atoms in total. The lowest BCUT2D eigenvalue weighted by Gasteiger charge is -2.07. The molecule has 0 fully saturated rings. The van der Waals surface area contributed by atoms with Crippen molar-refractivity contribution in [1.82, 2.24) is 14.7 Å². The molecule has 2 heterocycles. The number of nitrogens with one attached hydrogen (secondary N) is 1. The van der Waals surface area contributed by atoms with Crippen LogP contribution < -0.4 is 10.1 Å². The van der Waals surface area contributed by atoms with Crippen LogP contribution in [0.4, 0.5) is 0 Å². The van der Waals surface area contributed by atoms with Crippen LogP contribution in [0, 0.1) is 6.92 Å². The number of amides is 1. The van der Waals surface area contributed by atoms with Gasteiger partial charge in [0.2, 0.25) is 5.88 Å². The summed E-state index contributed by atoms with van der Waals surface area (Å²) in [5.74, 6) is 0.482. The summed E-state index contributed by atoms with van der Waals surface area (Å²) in [4.78, 5) is 16.1. The molecule has 106 valence electrons. The Kier molecular flexibility index (Phi) is 5.06. The molecular formula is C14H17N3O2S. The minimum Gasteiger partial charge on any atom is -0.478 e. The highest BCUT2D eigenvalue weighted by molar-refractivity contribution is 7.03. The topological polar surface area (TPSA) is 64.1 Å². The molecule has 2 aromatic heterocycles. The monoisotopic (exact) mass is 291 g/mol. The van der Waals surface area contributed by atoms with Crippen molar-refractivity contribution >= 4 is 17.4 Å². The number of carbonyl (C=O) groups excluding carboxylic acids is 1. The molecule has 20 heavy (non-hydrogen) atoms. The molecule has 6 heteroatoms. The lowest BCUT2D eigenvalue weighted by Crippen LogP contribution is -2.23. The summed E-state index contributed by atoms with van der Waals surface area (Å²) >= 11 is 1.29. The molecule has 1 N–H and O–H groups in total. The fourth-order valence-corrected chi connectivity index (χ4v) is 2.33. The molecule has 0 aromatic carbocycles. The number of hydrogen-bond donors (Lipinski definition) is 1. The minimum absolute atomic E-state index is 0.107. The van der Waals surface area contributed by atoms with E-state index in [1.54, 1.807) is 11.6 Å². The fourth-order valence-electron chi connectivity index (χ4n) is 1.63. The van der Waals surface area contributed by atoms with Crippen molar-refractivity contribution < 1.29 is 9.53 Å². The Morgan fingerprint density at radius 2 is 2.35 bits per heavy atom. The number of carbonyl (C=O) groups is 1. The van der Waals surface area contributed by atoms with E-state index in [1.165, 1.54) is 11.5 Å². The van der Waals surface area contributed by atoms with E-state index in [0.29, 0.717) is 24.6 Å². The average Bonchev–Trinajstić information content (AvgIpc) is 2.89. The van der Waals surface area contributed by atoms with Crippen LogP contribution in [0.2, 0.25) is 0 Å². The van der Waals surface area contributed by atoms with Crippen molar-refractivity contribution in [3.8, 4) is 5.88 Å². The molecule has 0 aliphatic heterocycles. The predicted octanol–water partition coefficient (Wildman–Crippen LogP) is 2.57. The maximum atomic E-state index is 12.0. The average molecular weight is 291 g/mol. The Balaban J connectivity index is 1.94. The van der Waals surface area contributed by atoms with Crippen molar-refractivity contribution in [1.29, 1.82) is 0 Å². The molecule has 0 spiro atoms. The minimum atomic E-state index is -0.107. The van der Waals surface area contributed by atoms with E-state index in [2.05, 4.69) is 14.7 Å². The molecular weight excluding hydrogens is 274 g/mol. The van der Waals surface area contributed by atoms with Gasteiger partial charge in [0.05, 0.1) is 17.9 Å². The normalized spacial score (nSPS) is 10.3. The van der Waals surface area contributed by atoms with Gasteiger partial charge in [0, 0.05) is 24.2 Å². The first-order valence-corrected chi connectivity index (χ1v) is 7.31. The molecule has 0 bridgehead atoms. The molecule has 0 saturated carbocycles. The predicted molar refractivity (Wildman–Crippen MR) is 78.0 cm³/mol. The molecule has 0 saturated heterocycles. The van der Waals surface area contributed by atoms with Gasteiger partial charge in [-0.3, -0.25) is 4.79 Å². The van der Waals surface area contributed by atoms with E-state index >= 15 is 0 Å². The van der Waals surface area contributed by atoms with E-state index in [0.717, 1.165) is 17.7 Å². The largest absolute Gasteiger partial charge is 0.478 e. The first-order chi connectivity index (χ1) is 9.70. The number of rotatable bonds is 6. The number of pyridine rings is 1. The van der Waals surface area contributed by atoms with E-state index < -0.39 is 0 Å². The highest BCUT2D eigenvalue weighted by Crippen LogP contribution is 2.11. The standard InChI is InChI=1S/C14H17N3O2S/c1-3-6-19-13-7-11(4-5-15-13)8-16-14(18)12-9-20-17-10(12)2/h4-5,7,9H,3,6,8H2,1-2H3,(H,16,18). The first-order valence-electron chi connectivity index (χ1n) is 6.47. The Hall–Kier alpha value is -1.95. The van der Waals surface area contributed by atoms with E-state index in [9.17, 15) is 4.79 Å². The van der Waals surface area contributed by atoms with Crippen LogP contribution in [0.3, 0.4) is 0 Å². The van der Waals surface area contributed by atoms with Gasteiger partial charge in [-0.25, -0.2) is 4.98 Å². The molecule has 2 rings (SSSR count). The van der Waals surface area contributed by atoms with Crippen LogP contribution in [-0.4, -0.2) is 21.9 Å². The second kappa shape index (κ2) is 7.00. The highest BCUT2D eigenvalue weighted by Gasteiger charge is 2.10. The number of ether oxygens (including phenoxy) is 1. The van der Waals surface area contributed by atoms with E-state index in [-0.39, 0.29) is 5.91 Å². The third kappa shape index (κ3) is 3.77. The molecule has 0 aliphatic rings. The molecule has 2 aromatic rings. The summed E-state index contributed by atoms with van der Waals surface area (Å²) in [5, 5.41) is 4.63. The third-order valence-corrected chi connectivity index (χ3v) is 3.42. The van der Waals surface area contributed by atoms with Gasteiger partial charge in [0.1, 0.15) is 0 Å². The quantitative estimate of drug-likeness (QED) is 0.888. The Bertz CT molecular complexity index is 583. The van der Waals surface area contributed by atoms with Gasteiger partial charge in [-0.2, -0.15) is 4.37 Å². The second-order valence-electron chi connectivity index (χ2n) is 4.35. The van der Waals surface area contributed by atoms with Crippen molar-refractivity contribution in [3.63, 3.8) is 0 Å². The third-order valence-electron chi connectivity index (χ3n) is 2.70. The van der Waals surface area contributed by atoms with Gasteiger partial charge >= 0.3 is 0 Å². The van der Waals surface area contributed by atoms with Crippen molar-refractivity contribution in [3.05, 3.63) is 40.5 Å². The van der Waals surface area contributed by atoms with Crippen LogP contribution in [0.25, 0.3) is 0 Å². The Morgan fingerprint density at radius 3 is 3.05 bits per heavy atom. The van der Waals surface area contributed by atoms with Crippen LogP contribution in [0.1, 0.15) is 35.0 Å². The molecule has 0 atom stereocenters. The summed E-state index contributed by atoms with van der Waals surface area (Å²) in [7, 11) is 0. The molecule has 0 unspecified atom stereocenters. The Labute approximate surface area is 122 Å². The number of nitrogens with zero attached hydrogens (tertiary/aromatic N) is 2. The number of aromatic nitrogens is 2. The summed E-state index contributed by atoms with van der Waals surface area (Å²) < 4.78 is 9.55. The van der Waals surface area contributed by atoms with Gasteiger partial charge in [-0.05, 0) is 36.5 Å². The van der Waals surface area contributed by atoms with E-state index in [4.69, 9.17) is 4.74 Å². The molecule has 1 amide bonds. The van der Waals surface area contributed by atoms with Crippen molar-refractivity contribution in [2.75, 3.05) is 6.61 Å². The second-order valence-corrected chi connectivity index (χ2v) is 4.98. The Morgan fingerprint density at radius 1 is 1.50 bits per heavy atom. The van der Waals surface area contributed by atoms with Crippen molar-refractivity contribution in [2.45, 2.75) is 26.8 Å². The first kappa shape index (κ1) is 14.5. The summed E-state index contributed by atoms with van der Waals surface area (Å²) in [5.41, 5.74) is 2.35. The number of hydrogen-bond acceptors (Lipinski definition) is 5. The lowest BCUT2D eigenvalue weighted by molar-refractivity contribution is 0.0950. The van der Waals surface area contributed by atoms with Gasteiger partial charge < -0.3 is 10.1 Å². The van der Waals surface area contributed by atoms with Crippen LogP contribution in [0.5, 0.6) is 5.88 Å². The van der Waals surface area contributed by atoms with Gasteiger partial charge in [-0.1, -0.05) is 6.92 Å². The zero-order chi connectivity index (χ0) is 14.4. The summed E-state index contributed by atoms with van der Waals surface area (Å²) in [6.45, 7) is 4.96. The maximum absolute atomic E-state index is 12.0. The van der Waals surface area contributed by atoms with Crippen LogP contribution >= 0.6 is 11.5 Å². The van der Waals surface area contributed by atoms with Gasteiger partial charge in [0.15, 0.2) is 0 Å².